The molecule has 5 heteroatoms. The van der Waals surface area contributed by atoms with E-state index in [-0.39, 0.29) is 29.5 Å². The van der Waals surface area contributed by atoms with Gasteiger partial charge in [-0.1, -0.05) is 43.2 Å². The molecule has 4 nitrogen and oxygen atoms in total. The monoisotopic (exact) mass is 499 g/mol. The number of hydrogen-bond donors (Lipinski definition) is 0. The first-order chi connectivity index (χ1) is 16.5. The second-order valence-electron chi connectivity index (χ2n) is 10.8. The number of ether oxygens (including phenoxy) is 1. The maximum absolute atomic E-state index is 13.5. The first kappa shape index (κ1) is 29.4. The van der Waals surface area contributed by atoms with Crippen LogP contribution in [0.25, 0.3) is 6.08 Å². The van der Waals surface area contributed by atoms with Gasteiger partial charge in [-0.25, -0.2) is 4.98 Å². The molecule has 0 aliphatic carbocycles. The number of ketones is 2. The molecule has 3 atom stereocenters. The largest absolute Gasteiger partial charge is 0.378 e. The molecule has 1 aromatic heterocycles. The van der Waals surface area contributed by atoms with E-state index in [2.05, 4.69) is 49.4 Å². The molecule has 194 valence electrons. The number of thiazole rings is 1. The van der Waals surface area contributed by atoms with Crippen molar-refractivity contribution in [1.82, 2.24) is 4.98 Å². The summed E-state index contributed by atoms with van der Waals surface area (Å²) in [5, 5.41) is 3.11. The van der Waals surface area contributed by atoms with Crippen LogP contribution in [0.2, 0.25) is 0 Å². The van der Waals surface area contributed by atoms with Gasteiger partial charge < -0.3 is 4.74 Å². The van der Waals surface area contributed by atoms with E-state index < -0.39 is 5.41 Å². The number of nitrogens with zero attached hydrogens (tertiary/aromatic N) is 1. The van der Waals surface area contributed by atoms with E-state index in [1.54, 1.807) is 11.3 Å². The summed E-state index contributed by atoms with van der Waals surface area (Å²) in [6, 6.07) is 0. The van der Waals surface area contributed by atoms with Crippen molar-refractivity contribution >= 4 is 29.0 Å². The molecule has 0 spiro atoms. The molecule has 0 saturated heterocycles. The van der Waals surface area contributed by atoms with Crippen LogP contribution in [0.1, 0.15) is 97.2 Å². The van der Waals surface area contributed by atoms with Crippen molar-refractivity contribution in [3.63, 3.8) is 0 Å². The number of carbonyl (C=O) groups is 2. The fourth-order valence-electron chi connectivity index (χ4n) is 4.68. The molecule has 0 radical (unpaired) electrons. The lowest BCUT2D eigenvalue weighted by Crippen LogP contribution is -2.33. The maximum Gasteiger partial charge on any atom is 0.141 e. The van der Waals surface area contributed by atoms with Crippen molar-refractivity contribution in [2.45, 2.75) is 99.5 Å². The van der Waals surface area contributed by atoms with E-state index in [1.807, 2.05) is 33.8 Å². The van der Waals surface area contributed by atoms with Crippen molar-refractivity contribution in [2.24, 2.45) is 17.3 Å². The van der Waals surface area contributed by atoms with Crippen LogP contribution in [-0.4, -0.2) is 29.3 Å². The number of aryl methyl sites for hydroxylation is 1. The normalized spacial score (nSPS) is 26.2. The molecule has 0 fully saturated rings. The fourth-order valence-corrected chi connectivity index (χ4v) is 5.25. The van der Waals surface area contributed by atoms with Gasteiger partial charge in [0, 0.05) is 29.6 Å². The molecule has 1 aliphatic heterocycles. The first-order valence-corrected chi connectivity index (χ1v) is 13.9. The van der Waals surface area contributed by atoms with Gasteiger partial charge in [-0.15, -0.1) is 11.3 Å². The highest BCUT2D eigenvalue weighted by atomic mass is 32.1. The van der Waals surface area contributed by atoms with Gasteiger partial charge in [0.05, 0.1) is 23.4 Å². The Morgan fingerprint density at radius 1 is 1.26 bits per heavy atom. The maximum atomic E-state index is 13.5. The van der Waals surface area contributed by atoms with Gasteiger partial charge in [-0.3, -0.25) is 9.59 Å². The van der Waals surface area contributed by atoms with Crippen molar-refractivity contribution in [3.8, 4) is 0 Å². The topological polar surface area (TPSA) is 56.3 Å². The zero-order valence-electron chi connectivity index (χ0n) is 22.9. The summed E-state index contributed by atoms with van der Waals surface area (Å²) in [4.78, 5) is 31.2. The summed E-state index contributed by atoms with van der Waals surface area (Å²) in [7, 11) is 0. The zero-order chi connectivity index (χ0) is 26.0. The number of rotatable bonds is 4. The standard InChI is InChI=1S/C30H45NO3S/c1-8-9-10-26-18-23(4)34-16-14-21(2)11-12-25(22(3)17-27-20-35-24(5)31-27)19-28(32)13-15-30(6,7)29(26)33/h8-9,11,17,20,23,25-26H,10,12-16,18-19H2,1-7H3. The van der Waals surface area contributed by atoms with Crippen LogP contribution >= 0.6 is 11.3 Å². The first-order valence-electron chi connectivity index (χ1n) is 13.1. The van der Waals surface area contributed by atoms with E-state index in [1.165, 1.54) is 11.1 Å². The molecule has 35 heavy (non-hydrogen) atoms. The SMILES string of the molecule is CC=CCC1CC(C)OCCC(C)=CCC(C(C)=Cc2csc(C)n2)CC(=O)CCC(C)(C)C1=O. The van der Waals surface area contributed by atoms with Crippen LogP contribution in [-0.2, 0) is 14.3 Å². The van der Waals surface area contributed by atoms with Crippen LogP contribution in [0.3, 0.4) is 0 Å². The highest BCUT2D eigenvalue weighted by molar-refractivity contribution is 7.09. The van der Waals surface area contributed by atoms with E-state index in [9.17, 15) is 9.59 Å². The Balaban J connectivity index is 2.27. The zero-order valence-corrected chi connectivity index (χ0v) is 23.7. The molecule has 0 amide bonds. The lowest BCUT2D eigenvalue weighted by atomic mass is 9.74. The van der Waals surface area contributed by atoms with E-state index in [0.29, 0.717) is 32.3 Å². The third-order valence-electron chi connectivity index (χ3n) is 7.12. The van der Waals surface area contributed by atoms with Crippen molar-refractivity contribution in [1.29, 1.82) is 0 Å². The third-order valence-corrected chi connectivity index (χ3v) is 7.91. The average Bonchev–Trinajstić information content (AvgIpc) is 3.21. The van der Waals surface area contributed by atoms with Crippen LogP contribution < -0.4 is 0 Å². The van der Waals surface area contributed by atoms with Crippen molar-refractivity contribution in [2.75, 3.05) is 6.61 Å². The van der Waals surface area contributed by atoms with Crippen molar-refractivity contribution < 1.29 is 14.3 Å². The van der Waals surface area contributed by atoms with Crippen LogP contribution in [0.5, 0.6) is 0 Å². The minimum absolute atomic E-state index is 0.0202. The minimum atomic E-state index is -0.534. The van der Waals surface area contributed by atoms with E-state index >= 15 is 0 Å². The molecular formula is C30H45NO3S. The molecular weight excluding hydrogens is 454 g/mol. The Hall–Kier alpha value is -1.85. The number of allylic oxidation sites excluding steroid dienone is 4. The Morgan fingerprint density at radius 3 is 2.66 bits per heavy atom. The summed E-state index contributed by atoms with van der Waals surface area (Å²) in [6.45, 7) is 15.0. The van der Waals surface area contributed by atoms with Crippen LogP contribution in [0.15, 0.2) is 34.8 Å². The molecule has 0 N–H and O–H groups in total. The molecule has 0 aromatic carbocycles. The quantitative estimate of drug-likeness (QED) is 0.395. The Kier molecular flexibility index (Phi) is 11.8. The van der Waals surface area contributed by atoms with E-state index in [0.717, 1.165) is 30.0 Å². The average molecular weight is 500 g/mol. The predicted octanol–water partition coefficient (Wildman–Crippen LogP) is 7.92. The Labute approximate surface area is 217 Å². The number of hydrogen-bond acceptors (Lipinski definition) is 5. The van der Waals surface area contributed by atoms with Gasteiger partial charge in [0.15, 0.2) is 0 Å². The van der Waals surface area contributed by atoms with Crippen LogP contribution in [0, 0.1) is 24.2 Å². The van der Waals surface area contributed by atoms with Crippen LogP contribution in [0.4, 0.5) is 0 Å². The summed E-state index contributed by atoms with van der Waals surface area (Å²) in [5.74, 6) is 0.523. The summed E-state index contributed by atoms with van der Waals surface area (Å²) >= 11 is 1.64. The minimum Gasteiger partial charge on any atom is -0.378 e. The van der Waals surface area contributed by atoms with Gasteiger partial charge in [0.25, 0.3) is 0 Å². The molecule has 0 saturated carbocycles. The predicted molar refractivity (Wildman–Crippen MR) is 148 cm³/mol. The second kappa shape index (κ2) is 14.0. The van der Waals surface area contributed by atoms with E-state index in [4.69, 9.17) is 4.74 Å². The number of carbonyl (C=O) groups excluding carboxylic acids is 2. The van der Waals surface area contributed by atoms with Gasteiger partial charge in [0.2, 0.25) is 0 Å². The summed E-state index contributed by atoms with van der Waals surface area (Å²) in [5.41, 5.74) is 2.89. The van der Waals surface area contributed by atoms with Gasteiger partial charge in [-0.05, 0) is 78.7 Å². The Bertz CT molecular complexity index is 937. The van der Waals surface area contributed by atoms with Gasteiger partial charge in [0.1, 0.15) is 11.6 Å². The third kappa shape index (κ3) is 9.97. The molecule has 1 aromatic rings. The second-order valence-corrected chi connectivity index (χ2v) is 11.9. The fraction of sp³-hybridized carbons (Fsp3) is 0.633. The number of aromatic nitrogens is 1. The molecule has 3 unspecified atom stereocenters. The summed E-state index contributed by atoms with van der Waals surface area (Å²) in [6.07, 6.45) is 13.1. The van der Waals surface area contributed by atoms with Crippen molar-refractivity contribution in [3.05, 3.63) is 45.5 Å². The molecule has 0 bridgehead atoms. The highest BCUT2D eigenvalue weighted by Crippen LogP contribution is 2.33. The smallest absolute Gasteiger partial charge is 0.141 e. The Morgan fingerprint density at radius 2 is 2.00 bits per heavy atom. The van der Waals surface area contributed by atoms with Gasteiger partial charge in [-0.2, -0.15) is 0 Å². The highest BCUT2D eigenvalue weighted by Gasteiger charge is 2.34. The molecule has 2 rings (SSSR count). The molecule has 1 aliphatic rings. The number of Topliss-reactive ketones (excluding diaryl/α,β-unsaturated/α-hetero) is 2. The molecule has 2 heterocycles. The lowest BCUT2D eigenvalue weighted by molar-refractivity contribution is -0.133. The van der Waals surface area contributed by atoms with Gasteiger partial charge >= 0.3 is 0 Å². The lowest BCUT2D eigenvalue weighted by Gasteiger charge is -2.29. The summed E-state index contributed by atoms with van der Waals surface area (Å²) < 4.78 is 6.12.